The summed E-state index contributed by atoms with van der Waals surface area (Å²) in [6.45, 7) is 7.09. The van der Waals surface area contributed by atoms with Gasteiger partial charge in [0, 0.05) is 26.4 Å². The molecule has 0 fully saturated rings. The Morgan fingerprint density at radius 1 is 1.19 bits per heavy atom. The van der Waals surface area contributed by atoms with E-state index in [1.807, 2.05) is 0 Å². The van der Waals surface area contributed by atoms with Crippen molar-refractivity contribution in [1.29, 1.82) is 0 Å². The molecule has 2 rings (SSSR count). The Morgan fingerprint density at radius 3 is 2.46 bits per heavy atom. The second-order valence-electron chi connectivity index (χ2n) is 7.37. The van der Waals surface area contributed by atoms with Gasteiger partial charge in [0.2, 0.25) is 5.82 Å². The van der Waals surface area contributed by atoms with Crippen LogP contribution in [0, 0.1) is 0 Å². The first-order valence-corrected chi connectivity index (χ1v) is 12.2. The fraction of sp³-hybridized carbons (Fsp3) is 0.444. The fourth-order valence-electron chi connectivity index (χ4n) is 2.45. The van der Waals surface area contributed by atoms with Crippen LogP contribution in [-0.2, 0) is 24.7 Å². The van der Waals surface area contributed by atoms with Crippen molar-refractivity contribution < 1.29 is 24.9 Å². The number of aliphatic hydroxyl groups is 2. The highest BCUT2D eigenvalue weighted by Crippen LogP contribution is 2.23. The maximum atomic E-state index is 11.5. The topological polar surface area (TPSA) is 105 Å². The molecule has 0 aliphatic heterocycles. The summed E-state index contributed by atoms with van der Waals surface area (Å²) < 4.78 is 7.11. The van der Waals surface area contributed by atoms with Crippen LogP contribution >= 0.6 is 0 Å². The quantitative estimate of drug-likeness (QED) is 0.457. The summed E-state index contributed by atoms with van der Waals surface area (Å²) in [7, 11) is -1.21. The molecule has 1 heterocycles. The van der Waals surface area contributed by atoms with Gasteiger partial charge in [-0.3, -0.25) is 0 Å². The van der Waals surface area contributed by atoms with Gasteiger partial charge in [-0.1, -0.05) is 31.8 Å². The molecule has 2 aromatic rings. The number of carboxylic acid groups (broad SMARTS) is 1. The predicted octanol–water partition coefficient (Wildman–Crippen LogP) is 2.55. The Morgan fingerprint density at radius 2 is 1.88 bits per heavy atom. The van der Waals surface area contributed by atoms with Gasteiger partial charge in [-0.2, -0.15) is 0 Å². The Bertz CT molecular complexity index is 767. The second-order valence-corrected chi connectivity index (χ2v) is 13.0. The lowest BCUT2D eigenvalue weighted by Gasteiger charge is -2.15. The van der Waals surface area contributed by atoms with E-state index in [-0.39, 0.29) is 25.8 Å². The third-order valence-corrected chi connectivity index (χ3v) is 5.74. The second kappa shape index (κ2) is 8.59. The number of aromatic nitrogens is 2. The summed E-state index contributed by atoms with van der Waals surface area (Å²) in [4.78, 5) is 15.7. The molecule has 142 valence electrons. The van der Waals surface area contributed by atoms with Crippen LogP contribution in [0.1, 0.15) is 21.7 Å². The number of imidazole rings is 1. The van der Waals surface area contributed by atoms with Crippen LogP contribution in [0.25, 0.3) is 11.3 Å². The molecule has 0 saturated carbocycles. The Hall–Kier alpha value is -2.00. The first-order valence-electron chi connectivity index (χ1n) is 8.47. The van der Waals surface area contributed by atoms with Gasteiger partial charge < -0.3 is 24.6 Å². The van der Waals surface area contributed by atoms with E-state index in [0.29, 0.717) is 29.0 Å². The Kier molecular flexibility index (Phi) is 6.71. The van der Waals surface area contributed by atoms with Crippen molar-refractivity contribution in [1.82, 2.24) is 9.55 Å². The zero-order valence-corrected chi connectivity index (χ0v) is 16.4. The van der Waals surface area contributed by atoms with Crippen LogP contribution in [0.15, 0.2) is 24.4 Å². The molecule has 0 aliphatic rings. The number of carboxylic acids is 1. The summed E-state index contributed by atoms with van der Waals surface area (Å²) in [5, 5.41) is 28.1. The number of benzene rings is 1. The standard InChI is InChI=1S/C18H26N2O5Si/c1-26(2,3)7-6-25-12-20-9-16(19-17(20)18(23)24)13-4-5-14(10-21)15(8-13)11-22/h4-5,8-9,21-22H,6-7,10-12H2,1-3H3,(H,23,24). The molecule has 8 heteroatoms. The maximum absolute atomic E-state index is 11.5. The van der Waals surface area contributed by atoms with Crippen molar-refractivity contribution in [3.63, 3.8) is 0 Å². The Balaban J connectivity index is 2.22. The molecule has 1 aromatic carbocycles. The van der Waals surface area contributed by atoms with Crippen molar-refractivity contribution in [2.45, 2.75) is 45.6 Å². The highest BCUT2D eigenvalue weighted by molar-refractivity contribution is 6.76. The van der Waals surface area contributed by atoms with E-state index >= 15 is 0 Å². The van der Waals surface area contributed by atoms with E-state index in [4.69, 9.17) is 4.74 Å². The van der Waals surface area contributed by atoms with E-state index in [9.17, 15) is 20.1 Å². The Labute approximate surface area is 153 Å². The normalized spacial score (nSPS) is 11.7. The van der Waals surface area contributed by atoms with E-state index < -0.39 is 14.0 Å². The van der Waals surface area contributed by atoms with Crippen LogP contribution in [0.3, 0.4) is 0 Å². The SMILES string of the molecule is C[Si](C)(C)CCOCn1cc(-c2ccc(CO)c(CO)c2)nc1C(=O)O. The third-order valence-electron chi connectivity index (χ3n) is 4.04. The zero-order valence-electron chi connectivity index (χ0n) is 15.4. The molecule has 26 heavy (non-hydrogen) atoms. The van der Waals surface area contributed by atoms with Gasteiger partial charge in [0.1, 0.15) is 6.73 Å². The molecule has 0 aliphatic carbocycles. The van der Waals surface area contributed by atoms with Crippen LogP contribution in [0.5, 0.6) is 0 Å². The largest absolute Gasteiger partial charge is 0.475 e. The molecule has 3 N–H and O–H groups in total. The monoisotopic (exact) mass is 378 g/mol. The first kappa shape index (κ1) is 20.3. The van der Waals surface area contributed by atoms with Crippen molar-refractivity contribution in [3.8, 4) is 11.3 Å². The highest BCUT2D eigenvalue weighted by Gasteiger charge is 2.17. The minimum absolute atomic E-state index is 0.0928. The third kappa shape index (κ3) is 5.25. The minimum Gasteiger partial charge on any atom is -0.475 e. The van der Waals surface area contributed by atoms with Crippen molar-refractivity contribution >= 4 is 14.0 Å². The molecule has 0 unspecified atom stereocenters. The van der Waals surface area contributed by atoms with E-state index in [2.05, 4.69) is 24.6 Å². The molecule has 0 amide bonds. The van der Waals surface area contributed by atoms with Crippen molar-refractivity contribution in [2.24, 2.45) is 0 Å². The van der Waals surface area contributed by atoms with Gasteiger partial charge in [0.05, 0.1) is 18.9 Å². The smallest absolute Gasteiger partial charge is 0.372 e. The number of hydrogen-bond acceptors (Lipinski definition) is 5. The van der Waals surface area contributed by atoms with Gasteiger partial charge >= 0.3 is 5.97 Å². The van der Waals surface area contributed by atoms with E-state index in [1.54, 1.807) is 24.4 Å². The number of hydrogen-bond donors (Lipinski definition) is 3. The number of carbonyl (C=O) groups is 1. The number of nitrogens with zero attached hydrogens (tertiary/aromatic N) is 2. The summed E-state index contributed by atoms with van der Waals surface area (Å²) in [6.07, 6.45) is 1.63. The predicted molar refractivity (Wildman–Crippen MR) is 101 cm³/mol. The van der Waals surface area contributed by atoms with Gasteiger partial charge in [-0.05, 0) is 23.2 Å². The van der Waals surface area contributed by atoms with Crippen LogP contribution < -0.4 is 0 Å². The summed E-state index contributed by atoms with van der Waals surface area (Å²) in [5.41, 5.74) is 2.37. The minimum atomic E-state index is -1.21. The average Bonchev–Trinajstić information content (AvgIpc) is 3.01. The molecular weight excluding hydrogens is 352 g/mol. The molecule has 0 saturated heterocycles. The molecular formula is C18H26N2O5Si. The maximum Gasteiger partial charge on any atom is 0.372 e. The average molecular weight is 379 g/mol. The lowest BCUT2D eigenvalue weighted by molar-refractivity contribution is 0.0613. The molecule has 0 spiro atoms. The molecule has 0 atom stereocenters. The molecule has 0 bridgehead atoms. The van der Waals surface area contributed by atoms with Crippen molar-refractivity contribution in [3.05, 3.63) is 41.3 Å². The summed E-state index contributed by atoms with van der Waals surface area (Å²) in [5.74, 6) is -1.22. The number of aliphatic hydroxyl groups excluding tert-OH is 2. The van der Waals surface area contributed by atoms with Crippen LogP contribution in [0.4, 0.5) is 0 Å². The fourth-order valence-corrected chi connectivity index (χ4v) is 3.21. The number of ether oxygens (including phenoxy) is 1. The van der Waals surface area contributed by atoms with Gasteiger partial charge in [0.25, 0.3) is 0 Å². The van der Waals surface area contributed by atoms with Gasteiger partial charge in [0.15, 0.2) is 0 Å². The lowest BCUT2D eigenvalue weighted by atomic mass is 10.0. The van der Waals surface area contributed by atoms with Gasteiger partial charge in [-0.25, -0.2) is 9.78 Å². The lowest BCUT2D eigenvalue weighted by Crippen LogP contribution is -2.22. The number of aromatic carboxylic acids is 1. The van der Waals surface area contributed by atoms with Crippen LogP contribution in [-0.4, -0.2) is 45.5 Å². The molecule has 1 aromatic heterocycles. The van der Waals surface area contributed by atoms with Crippen LogP contribution in [0.2, 0.25) is 25.7 Å². The summed E-state index contributed by atoms with van der Waals surface area (Å²) in [6, 6.07) is 6.15. The van der Waals surface area contributed by atoms with Gasteiger partial charge in [-0.15, -0.1) is 0 Å². The summed E-state index contributed by atoms with van der Waals surface area (Å²) >= 11 is 0. The van der Waals surface area contributed by atoms with Crippen molar-refractivity contribution in [2.75, 3.05) is 6.61 Å². The first-order chi connectivity index (χ1) is 12.2. The molecule has 0 radical (unpaired) electrons. The zero-order chi connectivity index (χ0) is 19.3. The van der Waals surface area contributed by atoms with E-state index in [1.165, 1.54) is 4.57 Å². The number of rotatable bonds is 9. The van der Waals surface area contributed by atoms with E-state index in [0.717, 1.165) is 6.04 Å². The molecule has 7 nitrogen and oxygen atoms in total. The highest BCUT2D eigenvalue weighted by atomic mass is 28.3.